The third-order valence-electron chi connectivity index (χ3n) is 20.7. The van der Waals surface area contributed by atoms with Crippen molar-refractivity contribution in [2.24, 2.45) is 69.0 Å². The Bertz CT molecular complexity index is 1880. The molecular formula is C55H80O4. The fraction of sp³-hybridized carbons (Fsp3) is 0.782. The Labute approximate surface area is 359 Å². The van der Waals surface area contributed by atoms with Crippen LogP contribution in [0.15, 0.2) is 36.4 Å². The Morgan fingerprint density at radius 1 is 0.390 bits per heavy atom. The molecule has 0 aromatic heterocycles. The van der Waals surface area contributed by atoms with Crippen molar-refractivity contribution in [3.05, 3.63) is 47.5 Å². The van der Waals surface area contributed by atoms with Crippen molar-refractivity contribution in [1.82, 2.24) is 0 Å². The van der Waals surface area contributed by atoms with Gasteiger partial charge in [-0.2, -0.15) is 0 Å². The maximum Gasteiger partial charge on any atom is 0.162 e. The third kappa shape index (κ3) is 5.43. The Morgan fingerprint density at radius 3 is 0.915 bits per heavy atom. The van der Waals surface area contributed by atoms with Gasteiger partial charge in [0.05, 0.1) is 0 Å². The van der Waals surface area contributed by atoms with Gasteiger partial charge >= 0.3 is 0 Å². The lowest BCUT2D eigenvalue weighted by atomic mass is 9.78. The van der Waals surface area contributed by atoms with E-state index in [1.807, 2.05) is 0 Å². The fourth-order valence-corrected chi connectivity index (χ4v) is 16.0. The van der Waals surface area contributed by atoms with Gasteiger partial charge in [-0.15, -0.1) is 0 Å². The van der Waals surface area contributed by atoms with Crippen LogP contribution in [0.4, 0.5) is 0 Å². The molecule has 12 unspecified atom stereocenters. The Hall–Kier alpha value is -2.36. The molecule has 324 valence electrons. The molecule has 2 aromatic rings. The van der Waals surface area contributed by atoms with Gasteiger partial charge < -0.3 is 18.9 Å². The predicted octanol–water partition coefficient (Wildman–Crippen LogP) is 14.4. The molecule has 8 fully saturated rings. The Morgan fingerprint density at radius 2 is 0.644 bits per heavy atom. The molecule has 10 rings (SSSR count). The number of hydrogen-bond acceptors (Lipinski definition) is 4. The van der Waals surface area contributed by atoms with Crippen LogP contribution < -0.4 is 18.9 Å². The zero-order valence-electron chi connectivity index (χ0n) is 39.7. The summed E-state index contributed by atoms with van der Waals surface area (Å²) in [7, 11) is 0. The molecule has 4 heteroatoms. The predicted molar refractivity (Wildman–Crippen MR) is 240 cm³/mol. The average molecular weight is 805 g/mol. The number of benzene rings is 2. The quantitative estimate of drug-likeness (QED) is 0.240. The lowest BCUT2D eigenvalue weighted by Gasteiger charge is -2.35. The van der Waals surface area contributed by atoms with E-state index in [4.69, 9.17) is 18.9 Å². The third-order valence-corrected chi connectivity index (χ3v) is 20.7. The summed E-state index contributed by atoms with van der Waals surface area (Å²) in [5.74, 6) is 8.85. The van der Waals surface area contributed by atoms with Gasteiger partial charge in [0.25, 0.3) is 0 Å². The van der Waals surface area contributed by atoms with Crippen molar-refractivity contribution in [1.29, 1.82) is 0 Å². The van der Waals surface area contributed by atoms with E-state index in [2.05, 4.69) is 133 Å². The van der Waals surface area contributed by atoms with E-state index in [0.29, 0.717) is 47.3 Å². The highest BCUT2D eigenvalue weighted by Gasteiger charge is 2.78. The van der Waals surface area contributed by atoms with Gasteiger partial charge in [-0.3, -0.25) is 0 Å². The Kier molecular flexibility index (Phi) is 8.57. The van der Waals surface area contributed by atoms with Crippen LogP contribution in [0.5, 0.6) is 23.0 Å². The zero-order valence-corrected chi connectivity index (χ0v) is 39.7. The van der Waals surface area contributed by atoms with E-state index in [9.17, 15) is 0 Å². The Balaban J connectivity index is 1.04. The average Bonchev–Trinajstić information content (AvgIpc) is 4.05. The van der Waals surface area contributed by atoms with Crippen molar-refractivity contribution in [3.8, 4) is 23.0 Å². The summed E-state index contributed by atoms with van der Waals surface area (Å²) in [5.41, 5.74) is 2.31. The SMILES string of the molecule is CC1CCC2C(C)(C)C2(Oc2ccc(C(C)(C)c3ccc(OC45CC(C)CCC4C5(C)C)c(OC45CC(C)CCC4C5(C)C)c3)cc2OC23CC(C)CCC2C3(C)C)C1. The van der Waals surface area contributed by atoms with Crippen molar-refractivity contribution >= 4 is 0 Å². The lowest BCUT2D eigenvalue weighted by Crippen LogP contribution is -2.33. The van der Waals surface area contributed by atoms with Crippen molar-refractivity contribution in [2.75, 3.05) is 0 Å². The standard InChI is InChI=1S/C55H80O4/c1-33-15-23-43-48(7,8)52(43,29-33)56-39-21-19-37(27-41(39)58-54-31-35(3)17-25-45(54)50(54,11)12)47(5,6)38-20-22-40(57-53-30-34(2)16-24-44(53)49(53,9)10)42(28-38)59-55-32-36(4)18-26-46(55)51(55,13)14/h19-22,27-28,33-36,43-46H,15-18,23-26,29-32H2,1-14H3. The second-order valence-electron chi connectivity index (χ2n) is 25.6. The van der Waals surface area contributed by atoms with Crippen LogP contribution in [0.2, 0.25) is 0 Å². The normalized spacial score (nSPS) is 43.8. The van der Waals surface area contributed by atoms with Crippen LogP contribution in [0.25, 0.3) is 0 Å². The summed E-state index contributed by atoms with van der Waals surface area (Å²) >= 11 is 0. The molecule has 59 heavy (non-hydrogen) atoms. The van der Waals surface area contributed by atoms with Gasteiger partial charge in [0.1, 0.15) is 22.4 Å². The topological polar surface area (TPSA) is 36.9 Å². The first kappa shape index (κ1) is 40.7. The van der Waals surface area contributed by atoms with E-state index in [0.717, 1.165) is 48.7 Å². The molecule has 8 aliphatic carbocycles. The van der Waals surface area contributed by atoms with Gasteiger partial charge in [0.2, 0.25) is 0 Å². The molecule has 8 saturated carbocycles. The minimum absolute atomic E-state index is 0.118. The molecule has 0 spiro atoms. The summed E-state index contributed by atoms with van der Waals surface area (Å²) in [6.07, 6.45) is 14.7. The van der Waals surface area contributed by atoms with Crippen LogP contribution in [0.3, 0.4) is 0 Å². The number of ether oxygens (including phenoxy) is 4. The number of rotatable bonds is 10. The van der Waals surface area contributed by atoms with Gasteiger partial charge in [-0.1, -0.05) is 135 Å². The second kappa shape index (κ2) is 12.4. The molecule has 0 aliphatic heterocycles. The molecular weight excluding hydrogens is 725 g/mol. The number of fused-ring (bicyclic) bond motifs is 4. The summed E-state index contributed by atoms with van der Waals surface area (Å²) in [4.78, 5) is 0. The first-order chi connectivity index (χ1) is 27.5. The first-order valence-corrected chi connectivity index (χ1v) is 24.5. The van der Waals surface area contributed by atoms with Crippen LogP contribution in [0, 0.1) is 69.0 Å². The number of hydrogen-bond donors (Lipinski definition) is 0. The zero-order chi connectivity index (χ0) is 42.1. The van der Waals surface area contributed by atoms with Crippen LogP contribution in [-0.2, 0) is 5.41 Å². The molecule has 12 atom stereocenters. The summed E-state index contributed by atoms with van der Waals surface area (Å²) in [6, 6.07) is 14.0. The smallest absolute Gasteiger partial charge is 0.162 e. The molecule has 8 aliphatic rings. The highest BCUT2D eigenvalue weighted by molar-refractivity contribution is 5.54. The summed E-state index contributed by atoms with van der Waals surface area (Å²) in [5, 5.41) is 0. The van der Waals surface area contributed by atoms with Crippen LogP contribution in [0.1, 0.15) is 185 Å². The maximum atomic E-state index is 7.56. The lowest BCUT2D eigenvalue weighted by molar-refractivity contribution is 0.0573. The van der Waals surface area contributed by atoms with E-state index >= 15 is 0 Å². The molecule has 0 saturated heterocycles. The minimum Gasteiger partial charge on any atom is -0.482 e. The molecule has 0 N–H and O–H groups in total. The van der Waals surface area contributed by atoms with Crippen molar-refractivity contribution in [2.45, 2.75) is 202 Å². The first-order valence-electron chi connectivity index (χ1n) is 24.5. The van der Waals surface area contributed by atoms with Crippen molar-refractivity contribution in [3.63, 3.8) is 0 Å². The summed E-state index contributed by atoms with van der Waals surface area (Å²) < 4.78 is 30.0. The van der Waals surface area contributed by atoms with E-state index < -0.39 is 0 Å². The van der Waals surface area contributed by atoms with E-state index in [1.165, 1.54) is 62.5 Å². The largest absolute Gasteiger partial charge is 0.482 e. The monoisotopic (exact) mass is 805 g/mol. The van der Waals surface area contributed by atoms with Crippen LogP contribution >= 0.6 is 0 Å². The van der Waals surface area contributed by atoms with E-state index in [-0.39, 0.29) is 49.5 Å². The molecule has 0 bridgehead atoms. The maximum absolute atomic E-state index is 7.56. The van der Waals surface area contributed by atoms with E-state index in [1.54, 1.807) is 0 Å². The highest BCUT2D eigenvalue weighted by Crippen LogP contribution is 2.75. The molecule has 0 heterocycles. The fourth-order valence-electron chi connectivity index (χ4n) is 16.0. The molecule has 0 radical (unpaired) electrons. The molecule has 2 aromatic carbocycles. The molecule has 4 nitrogen and oxygen atoms in total. The van der Waals surface area contributed by atoms with Gasteiger partial charge in [-0.05, 0) is 110 Å². The summed E-state index contributed by atoms with van der Waals surface area (Å²) in [6.45, 7) is 34.1. The van der Waals surface area contributed by atoms with Gasteiger partial charge in [-0.25, -0.2) is 0 Å². The highest BCUT2D eigenvalue weighted by atomic mass is 16.6. The van der Waals surface area contributed by atoms with Crippen LogP contribution in [-0.4, -0.2) is 22.4 Å². The second-order valence-corrected chi connectivity index (χ2v) is 25.6. The van der Waals surface area contributed by atoms with Gasteiger partial charge in [0, 0.05) is 50.7 Å². The minimum atomic E-state index is -0.322. The van der Waals surface area contributed by atoms with Crippen molar-refractivity contribution < 1.29 is 18.9 Å². The molecule has 0 amide bonds. The van der Waals surface area contributed by atoms with Gasteiger partial charge in [0.15, 0.2) is 23.0 Å².